The first kappa shape index (κ1) is 16.5. The zero-order valence-corrected chi connectivity index (χ0v) is 14.8. The van der Waals surface area contributed by atoms with Crippen molar-refractivity contribution in [2.75, 3.05) is 6.54 Å². The van der Waals surface area contributed by atoms with E-state index in [1.54, 1.807) is 0 Å². The summed E-state index contributed by atoms with van der Waals surface area (Å²) in [6.07, 6.45) is 5.87. The van der Waals surface area contributed by atoms with Crippen LogP contribution in [0.1, 0.15) is 62.9 Å². The van der Waals surface area contributed by atoms with Gasteiger partial charge in [0.05, 0.1) is 6.54 Å². The van der Waals surface area contributed by atoms with E-state index < -0.39 is 6.04 Å². The molecule has 2 saturated carbocycles. The summed E-state index contributed by atoms with van der Waals surface area (Å²) in [6, 6.07) is 3.73. The third-order valence-corrected chi connectivity index (χ3v) is 5.57. The quantitative estimate of drug-likeness (QED) is 0.862. The van der Waals surface area contributed by atoms with Crippen molar-refractivity contribution in [3.05, 3.63) is 23.7 Å². The van der Waals surface area contributed by atoms with Crippen molar-refractivity contribution >= 4 is 11.9 Å². The van der Waals surface area contributed by atoms with Crippen LogP contribution in [0.25, 0.3) is 0 Å². The van der Waals surface area contributed by atoms with Gasteiger partial charge in [0, 0.05) is 18.5 Å². The molecule has 0 bridgehead atoms. The Morgan fingerprint density at radius 1 is 1.32 bits per heavy atom. The normalized spacial score (nSPS) is 28.8. The van der Waals surface area contributed by atoms with E-state index in [0.717, 1.165) is 37.2 Å². The number of carbonyl (C=O) groups excluding carboxylic acids is 2. The van der Waals surface area contributed by atoms with Crippen LogP contribution in [0.4, 0.5) is 4.79 Å². The summed E-state index contributed by atoms with van der Waals surface area (Å²) < 4.78 is 5.97. The predicted octanol–water partition coefficient (Wildman–Crippen LogP) is 2.75. The topological polar surface area (TPSA) is 74.6 Å². The Kier molecular flexibility index (Phi) is 4.44. The molecular weight excluding hydrogens is 318 g/mol. The number of rotatable bonds is 5. The molecule has 0 spiro atoms. The summed E-state index contributed by atoms with van der Waals surface area (Å²) in [5.41, 5.74) is 0. The van der Waals surface area contributed by atoms with Gasteiger partial charge in [-0.25, -0.2) is 4.79 Å². The van der Waals surface area contributed by atoms with Crippen molar-refractivity contribution in [1.29, 1.82) is 0 Å². The zero-order valence-electron chi connectivity index (χ0n) is 14.8. The molecule has 136 valence electrons. The number of hydrogen-bond acceptors (Lipinski definition) is 3. The van der Waals surface area contributed by atoms with Crippen molar-refractivity contribution < 1.29 is 14.0 Å². The first-order chi connectivity index (χ1) is 12.1. The lowest BCUT2D eigenvalue weighted by Crippen LogP contribution is -2.50. The lowest BCUT2D eigenvalue weighted by atomic mass is 10.1. The Morgan fingerprint density at radius 3 is 2.84 bits per heavy atom. The smallest absolute Gasteiger partial charge is 0.318 e. The zero-order chi connectivity index (χ0) is 17.4. The monoisotopic (exact) mass is 345 g/mol. The van der Waals surface area contributed by atoms with Crippen molar-refractivity contribution in [3.8, 4) is 0 Å². The molecule has 3 fully saturated rings. The number of carbonyl (C=O) groups is 2. The van der Waals surface area contributed by atoms with E-state index >= 15 is 0 Å². The average molecular weight is 345 g/mol. The van der Waals surface area contributed by atoms with Crippen LogP contribution >= 0.6 is 0 Å². The molecule has 1 aromatic rings. The summed E-state index contributed by atoms with van der Waals surface area (Å²) in [4.78, 5) is 26.7. The fourth-order valence-electron chi connectivity index (χ4n) is 3.63. The molecule has 0 radical (unpaired) electrons. The van der Waals surface area contributed by atoms with Gasteiger partial charge in [0.2, 0.25) is 5.91 Å². The Labute approximate surface area is 148 Å². The van der Waals surface area contributed by atoms with Crippen LogP contribution in [-0.4, -0.2) is 35.5 Å². The molecule has 1 aliphatic heterocycles. The highest BCUT2D eigenvalue weighted by atomic mass is 16.3. The first-order valence-corrected chi connectivity index (χ1v) is 9.55. The molecule has 3 aliphatic rings. The van der Waals surface area contributed by atoms with Crippen LogP contribution in [0.15, 0.2) is 16.5 Å². The van der Waals surface area contributed by atoms with Crippen LogP contribution in [0.5, 0.6) is 0 Å². The fourth-order valence-corrected chi connectivity index (χ4v) is 3.63. The molecule has 0 aromatic carbocycles. The summed E-state index contributed by atoms with van der Waals surface area (Å²) in [7, 11) is 0. The minimum Gasteiger partial charge on any atom is -0.464 e. The van der Waals surface area contributed by atoms with Gasteiger partial charge in [0.25, 0.3) is 0 Å². The number of furan rings is 1. The third kappa shape index (κ3) is 3.83. The SMILES string of the molecule is C[C@@H]1C[C@@H]1c1ccc(CN(C(=O)N[C@@H]2CCCCNC2=O)C2CC2)o1. The van der Waals surface area contributed by atoms with Gasteiger partial charge < -0.3 is 20.0 Å². The molecule has 1 saturated heterocycles. The van der Waals surface area contributed by atoms with Gasteiger partial charge in [0.15, 0.2) is 0 Å². The maximum Gasteiger partial charge on any atom is 0.318 e. The van der Waals surface area contributed by atoms with E-state index in [9.17, 15) is 9.59 Å². The summed E-state index contributed by atoms with van der Waals surface area (Å²) >= 11 is 0. The lowest BCUT2D eigenvalue weighted by Gasteiger charge is -2.24. The van der Waals surface area contributed by atoms with E-state index in [1.165, 1.54) is 6.42 Å². The molecule has 3 amide bonds. The highest BCUT2D eigenvalue weighted by Gasteiger charge is 2.38. The standard InChI is InChI=1S/C19H27N3O3/c1-12-10-15(12)17-8-7-14(25-17)11-22(13-5-6-13)19(24)21-16-4-2-3-9-20-18(16)23/h7-8,12-13,15-16H,2-6,9-11H2,1H3,(H,20,23)(H,21,24)/t12-,15+,16-/m1/s1. The molecule has 25 heavy (non-hydrogen) atoms. The van der Waals surface area contributed by atoms with E-state index in [2.05, 4.69) is 17.6 Å². The van der Waals surface area contributed by atoms with Gasteiger partial charge in [-0.2, -0.15) is 0 Å². The molecule has 0 unspecified atom stereocenters. The van der Waals surface area contributed by atoms with Gasteiger partial charge in [-0.15, -0.1) is 0 Å². The molecule has 2 N–H and O–H groups in total. The van der Waals surface area contributed by atoms with Crippen molar-refractivity contribution in [2.45, 2.75) is 70.0 Å². The molecule has 6 heteroatoms. The van der Waals surface area contributed by atoms with E-state index in [-0.39, 0.29) is 18.0 Å². The molecular formula is C19H27N3O3. The minimum atomic E-state index is -0.421. The van der Waals surface area contributed by atoms with Crippen LogP contribution in [0.3, 0.4) is 0 Å². The maximum absolute atomic E-state index is 12.8. The Morgan fingerprint density at radius 2 is 2.12 bits per heavy atom. The van der Waals surface area contributed by atoms with Gasteiger partial charge in [-0.1, -0.05) is 6.92 Å². The van der Waals surface area contributed by atoms with Crippen LogP contribution in [0.2, 0.25) is 0 Å². The van der Waals surface area contributed by atoms with Gasteiger partial charge in [-0.3, -0.25) is 4.79 Å². The van der Waals surface area contributed by atoms with E-state index in [1.807, 2.05) is 17.0 Å². The molecule has 3 atom stereocenters. The summed E-state index contributed by atoms with van der Waals surface area (Å²) in [5.74, 6) is 3.06. The second-order valence-corrected chi connectivity index (χ2v) is 7.77. The van der Waals surface area contributed by atoms with Crippen LogP contribution < -0.4 is 10.6 Å². The number of hydrogen-bond donors (Lipinski definition) is 2. The van der Waals surface area contributed by atoms with Gasteiger partial charge in [-0.05, 0) is 56.6 Å². The number of nitrogens with zero attached hydrogens (tertiary/aromatic N) is 1. The molecule has 6 nitrogen and oxygen atoms in total. The van der Waals surface area contributed by atoms with Crippen molar-refractivity contribution in [2.24, 2.45) is 5.92 Å². The number of urea groups is 1. The number of nitrogens with one attached hydrogen (secondary N) is 2. The van der Waals surface area contributed by atoms with Crippen LogP contribution in [0, 0.1) is 5.92 Å². The molecule has 2 heterocycles. The van der Waals surface area contributed by atoms with Gasteiger partial charge >= 0.3 is 6.03 Å². The fraction of sp³-hybridized carbons (Fsp3) is 0.684. The molecule has 1 aromatic heterocycles. The first-order valence-electron chi connectivity index (χ1n) is 9.55. The summed E-state index contributed by atoms with van der Waals surface area (Å²) in [6.45, 7) is 3.41. The third-order valence-electron chi connectivity index (χ3n) is 5.57. The van der Waals surface area contributed by atoms with Crippen molar-refractivity contribution in [3.63, 3.8) is 0 Å². The summed E-state index contributed by atoms with van der Waals surface area (Å²) in [5, 5.41) is 5.80. The van der Waals surface area contributed by atoms with Crippen molar-refractivity contribution in [1.82, 2.24) is 15.5 Å². The molecule has 4 rings (SSSR count). The minimum absolute atomic E-state index is 0.0652. The highest BCUT2D eigenvalue weighted by Crippen LogP contribution is 2.47. The highest BCUT2D eigenvalue weighted by molar-refractivity contribution is 5.87. The Bertz CT molecular complexity index is 652. The largest absolute Gasteiger partial charge is 0.464 e. The predicted molar refractivity (Wildman–Crippen MR) is 93.0 cm³/mol. The average Bonchev–Trinajstić information content (AvgIpc) is 3.51. The second kappa shape index (κ2) is 6.73. The van der Waals surface area contributed by atoms with Crippen LogP contribution in [-0.2, 0) is 11.3 Å². The Hall–Kier alpha value is -1.98. The van der Waals surface area contributed by atoms with Gasteiger partial charge in [0.1, 0.15) is 17.6 Å². The lowest BCUT2D eigenvalue weighted by molar-refractivity contribution is -0.122. The second-order valence-electron chi connectivity index (χ2n) is 7.77. The number of amides is 3. The van der Waals surface area contributed by atoms with E-state index in [0.29, 0.717) is 31.3 Å². The van der Waals surface area contributed by atoms with E-state index in [4.69, 9.17) is 4.42 Å². The Balaban J connectivity index is 1.39. The molecule has 2 aliphatic carbocycles. The maximum atomic E-state index is 12.8.